The Hall–Kier alpha value is -3.30. The van der Waals surface area contributed by atoms with Crippen molar-refractivity contribution in [3.63, 3.8) is 0 Å². The van der Waals surface area contributed by atoms with Gasteiger partial charge in [-0.05, 0) is 73.0 Å². The van der Waals surface area contributed by atoms with Crippen molar-refractivity contribution >= 4 is 22.6 Å². The minimum Gasteiger partial charge on any atom is -0.399 e. The van der Waals surface area contributed by atoms with E-state index in [1.165, 1.54) is 22.3 Å². The first-order chi connectivity index (χ1) is 14.0. The molecule has 0 aliphatic heterocycles. The predicted octanol–water partition coefficient (Wildman–Crippen LogP) is 5.80. The standard InChI is InChI=1S/C26H27N3/c1-19-17-21(27)13-14-24(19)25-15-16-26(28,18-20(25)2)29(22-9-5-3-6-10-22)23-11-7-4-8-12-23/h3-17H,18,27-28H2,1-2H3. The maximum atomic E-state index is 7.05. The van der Waals surface area contributed by atoms with Crippen LogP contribution in [0.4, 0.5) is 17.1 Å². The summed E-state index contributed by atoms with van der Waals surface area (Å²) in [6.07, 6.45) is 5.02. The number of hydrogen-bond donors (Lipinski definition) is 2. The highest BCUT2D eigenvalue weighted by molar-refractivity contribution is 5.82. The number of benzene rings is 3. The van der Waals surface area contributed by atoms with E-state index < -0.39 is 5.66 Å². The van der Waals surface area contributed by atoms with Gasteiger partial charge in [0, 0.05) is 23.5 Å². The molecule has 3 aromatic rings. The zero-order chi connectivity index (χ0) is 20.4. The highest BCUT2D eigenvalue weighted by Crippen LogP contribution is 2.40. The molecule has 0 aromatic heterocycles. The molecule has 4 rings (SSSR count). The highest BCUT2D eigenvalue weighted by atomic mass is 15.3. The molecule has 0 saturated heterocycles. The van der Waals surface area contributed by atoms with E-state index in [4.69, 9.17) is 11.5 Å². The Morgan fingerprint density at radius 2 is 1.41 bits per heavy atom. The Morgan fingerprint density at radius 3 is 1.93 bits per heavy atom. The molecule has 1 aliphatic carbocycles. The molecule has 1 unspecified atom stereocenters. The van der Waals surface area contributed by atoms with Crippen LogP contribution in [0.1, 0.15) is 24.5 Å². The molecule has 1 aliphatic rings. The zero-order valence-electron chi connectivity index (χ0n) is 17.0. The minimum atomic E-state index is -0.655. The van der Waals surface area contributed by atoms with Gasteiger partial charge in [-0.1, -0.05) is 54.1 Å². The Balaban J connectivity index is 1.76. The van der Waals surface area contributed by atoms with Crippen molar-refractivity contribution in [2.75, 3.05) is 10.6 Å². The number of nitrogens with zero attached hydrogens (tertiary/aromatic N) is 1. The number of nitrogens with two attached hydrogens (primary N) is 2. The van der Waals surface area contributed by atoms with Crippen LogP contribution in [0.3, 0.4) is 0 Å². The lowest BCUT2D eigenvalue weighted by Crippen LogP contribution is -2.53. The number of rotatable bonds is 4. The summed E-state index contributed by atoms with van der Waals surface area (Å²) in [5.74, 6) is 0. The van der Waals surface area contributed by atoms with Crippen LogP contribution in [0.15, 0.2) is 96.6 Å². The molecular formula is C26H27N3. The number of aryl methyl sites for hydroxylation is 1. The maximum Gasteiger partial charge on any atom is 0.116 e. The van der Waals surface area contributed by atoms with Crippen LogP contribution in [0.25, 0.3) is 5.57 Å². The van der Waals surface area contributed by atoms with Crippen LogP contribution in [0.5, 0.6) is 0 Å². The third-order valence-electron chi connectivity index (χ3n) is 5.53. The van der Waals surface area contributed by atoms with Gasteiger partial charge in [0.2, 0.25) is 0 Å². The molecule has 4 N–H and O–H groups in total. The first-order valence-corrected chi connectivity index (χ1v) is 9.93. The fraction of sp³-hybridized carbons (Fsp3) is 0.154. The fourth-order valence-corrected chi connectivity index (χ4v) is 4.20. The van der Waals surface area contributed by atoms with Crippen molar-refractivity contribution in [3.8, 4) is 0 Å². The zero-order valence-corrected chi connectivity index (χ0v) is 17.0. The van der Waals surface area contributed by atoms with Crippen molar-refractivity contribution in [1.82, 2.24) is 0 Å². The molecule has 0 saturated carbocycles. The molecule has 0 radical (unpaired) electrons. The van der Waals surface area contributed by atoms with E-state index in [2.05, 4.69) is 61.2 Å². The number of para-hydroxylation sites is 2. The third kappa shape index (κ3) is 3.69. The average molecular weight is 382 g/mol. The third-order valence-corrected chi connectivity index (χ3v) is 5.53. The van der Waals surface area contributed by atoms with Gasteiger partial charge in [-0.25, -0.2) is 0 Å². The smallest absolute Gasteiger partial charge is 0.116 e. The molecule has 0 amide bonds. The largest absolute Gasteiger partial charge is 0.399 e. The number of hydrogen-bond acceptors (Lipinski definition) is 3. The molecule has 0 heterocycles. The summed E-state index contributed by atoms with van der Waals surface area (Å²) in [5.41, 5.74) is 20.1. The van der Waals surface area contributed by atoms with Crippen molar-refractivity contribution in [3.05, 3.63) is 108 Å². The average Bonchev–Trinajstić information content (AvgIpc) is 2.71. The number of allylic oxidation sites excluding steroid dienone is 2. The molecule has 3 nitrogen and oxygen atoms in total. The van der Waals surface area contributed by atoms with Crippen LogP contribution in [-0.4, -0.2) is 5.66 Å². The summed E-state index contributed by atoms with van der Waals surface area (Å²) < 4.78 is 0. The summed E-state index contributed by atoms with van der Waals surface area (Å²) >= 11 is 0. The van der Waals surface area contributed by atoms with E-state index in [1.54, 1.807) is 0 Å². The monoisotopic (exact) mass is 381 g/mol. The Labute approximate surface area is 173 Å². The van der Waals surface area contributed by atoms with Crippen LogP contribution >= 0.6 is 0 Å². The molecule has 1 atom stereocenters. The van der Waals surface area contributed by atoms with E-state index in [9.17, 15) is 0 Å². The van der Waals surface area contributed by atoms with Gasteiger partial charge in [0.1, 0.15) is 5.66 Å². The Morgan fingerprint density at radius 1 is 0.828 bits per heavy atom. The van der Waals surface area contributed by atoms with Gasteiger partial charge in [-0.15, -0.1) is 0 Å². The minimum absolute atomic E-state index is 0.655. The quantitative estimate of drug-likeness (QED) is 0.443. The molecular weight excluding hydrogens is 354 g/mol. The lowest BCUT2D eigenvalue weighted by atomic mass is 9.85. The van der Waals surface area contributed by atoms with Gasteiger partial charge in [0.05, 0.1) is 0 Å². The van der Waals surface area contributed by atoms with Crippen LogP contribution in [0.2, 0.25) is 0 Å². The summed E-state index contributed by atoms with van der Waals surface area (Å²) in [6, 6.07) is 26.8. The lowest BCUT2D eigenvalue weighted by molar-refractivity contribution is 0.528. The summed E-state index contributed by atoms with van der Waals surface area (Å²) in [7, 11) is 0. The van der Waals surface area contributed by atoms with Gasteiger partial charge < -0.3 is 16.4 Å². The van der Waals surface area contributed by atoms with Crippen molar-refractivity contribution < 1.29 is 0 Å². The lowest BCUT2D eigenvalue weighted by Gasteiger charge is -2.43. The van der Waals surface area contributed by atoms with E-state index in [1.807, 2.05) is 48.5 Å². The molecule has 29 heavy (non-hydrogen) atoms. The van der Waals surface area contributed by atoms with E-state index in [0.717, 1.165) is 23.5 Å². The first kappa shape index (κ1) is 19.0. The molecule has 0 spiro atoms. The SMILES string of the molecule is CC1=C(c2ccc(N)cc2C)C=CC(N)(N(c2ccccc2)c2ccccc2)C1. The van der Waals surface area contributed by atoms with Gasteiger partial charge in [0.15, 0.2) is 0 Å². The van der Waals surface area contributed by atoms with E-state index >= 15 is 0 Å². The molecule has 3 heteroatoms. The molecule has 3 aromatic carbocycles. The molecule has 146 valence electrons. The van der Waals surface area contributed by atoms with E-state index in [-0.39, 0.29) is 0 Å². The first-order valence-electron chi connectivity index (χ1n) is 9.93. The topological polar surface area (TPSA) is 55.3 Å². The van der Waals surface area contributed by atoms with Crippen LogP contribution in [0, 0.1) is 6.92 Å². The Bertz CT molecular complexity index is 1030. The van der Waals surface area contributed by atoms with Gasteiger partial charge in [-0.3, -0.25) is 0 Å². The van der Waals surface area contributed by atoms with Crippen molar-refractivity contribution in [2.24, 2.45) is 5.73 Å². The van der Waals surface area contributed by atoms with Crippen molar-refractivity contribution in [2.45, 2.75) is 25.9 Å². The van der Waals surface area contributed by atoms with E-state index in [0.29, 0.717) is 0 Å². The second kappa shape index (κ2) is 7.61. The Kier molecular flexibility index (Phi) is 4.99. The van der Waals surface area contributed by atoms with Gasteiger partial charge in [-0.2, -0.15) is 0 Å². The number of nitrogen functional groups attached to an aromatic ring is 1. The summed E-state index contributed by atoms with van der Waals surface area (Å²) in [6.45, 7) is 4.27. The van der Waals surface area contributed by atoms with Gasteiger partial charge in [0.25, 0.3) is 0 Å². The summed E-state index contributed by atoms with van der Waals surface area (Å²) in [5, 5.41) is 0. The van der Waals surface area contributed by atoms with Crippen LogP contribution < -0.4 is 16.4 Å². The second-order valence-electron chi connectivity index (χ2n) is 7.78. The highest BCUT2D eigenvalue weighted by Gasteiger charge is 2.34. The normalized spacial score (nSPS) is 18.7. The summed E-state index contributed by atoms with van der Waals surface area (Å²) in [4.78, 5) is 2.22. The van der Waals surface area contributed by atoms with Gasteiger partial charge >= 0.3 is 0 Å². The molecule has 0 bridgehead atoms. The number of anilines is 3. The van der Waals surface area contributed by atoms with Crippen LogP contribution in [-0.2, 0) is 0 Å². The maximum absolute atomic E-state index is 7.05. The second-order valence-corrected chi connectivity index (χ2v) is 7.78. The fourth-order valence-electron chi connectivity index (χ4n) is 4.20. The predicted molar refractivity (Wildman–Crippen MR) is 124 cm³/mol. The van der Waals surface area contributed by atoms with Crippen molar-refractivity contribution in [1.29, 1.82) is 0 Å². The molecule has 0 fully saturated rings.